The average Bonchev–Trinajstić information content (AvgIpc) is 2.69. The van der Waals surface area contributed by atoms with Crippen molar-refractivity contribution in [2.45, 2.75) is 45.1 Å². The SMILES string of the molecule is CC1CCCN(c2nc(C3CCN(Cc4cccnc4)CC3)cc(=O)[nH]2)C1. The predicted molar refractivity (Wildman–Crippen MR) is 107 cm³/mol. The maximum Gasteiger partial charge on any atom is 0.252 e. The van der Waals surface area contributed by atoms with Gasteiger partial charge in [-0.1, -0.05) is 13.0 Å². The minimum atomic E-state index is -0.0222. The molecule has 2 aromatic rings. The summed E-state index contributed by atoms with van der Waals surface area (Å²) in [5.41, 5.74) is 2.20. The van der Waals surface area contributed by atoms with Crippen LogP contribution in [-0.2, 0) is 6.54 Å². The number of hydrogen-bond acceptors (Lipinski definition) is 5. The van der Waals surface area contributed by atoms with Crippen molar-refractivity contribution in [2.24, 2.45) is 5.92 Å². The molecule has 4 rings (SSSR count). The van der Waals surface area contributed by atoms with E-state index in [1.807, 2.05) is 18.5 Å². The van der Waals surface area contributed by atoms with Gasteiger partial charge in [-0.05, 0) is 56.3 Å². The number of rotatable bonds is 4. The molecule has 0 aromatic carbocycles. The van der Waals surface area contributed by atoms with Gasteiger partial charge in [-0.25, -0.2) is 4.98 Å². The molecule has 2 aliphatic rings. The van der Waals surface area contributed by atoms with Crippen molar-refractivity contribution in [3.05, 3.63) is 52.2 Å². The normalized spacial score (nSPS) is 22.1. The van der Waals surface area contributed by atoms with E-state index in [-0.39, 0.29) is 5.56 Å². The summed E-state index contributed by atoms with van der Waals surface area (Å²) in [7, 11) is 0. The van der Waals surface area contributed by atoms with E-state index in [2.05, 4.69) is 32.8 Å². The Labute approximate surface area is 160 Å². The van der Waals surface area contributed by atoms with Crippen LogP contribution < -0.4 is 10.5 Å². The summed E-state index contributed by atoms with van der Waals surface area (Å²) in [5.74, 6) is 1.80. The smallest absolute Gasteiger partial charge is 0.252 e. The zero-order valence-electron chi connectivity index (χ0n) is 16.1. The molecule has 2 fully saturated rings. The molecule has 27 heavy (non-hydrogen) atoms. The van der Waals surface area contributed by atoms with Crippen LogP contribution >= 0.6 is 0 Å². The second-order valence-corrected chi connectivity index (χ2v) is 8.10. The highest BCUT2D eigenvalue weighted by molar-refractivity contribution is 5.32. The first-order valence-corrected chi connectivity index (χ1v) is 10.1. The number of nitrogens with one attached hydrogen (secondary N) is 1. The third-order valence-corrected chi connectivity index (χ3v) is 5.84. The van der Waals surface area contributed by atoms with Crippen LogP contribution in [0, 0.1) is 5.92 Å². The molecule has 4 heterocycles. The molecule has 2 saturated heterocycles. The zero-order valence-corrected chi connectivity index (χ0v) is 16.1. The summed E-state index contributed by atoms with van der Waals surface area (Å²) >= 11 is 0. The van der Waals surface area contributed by atoms with E-state index in [0.717, 1.165) is 57.2 Å². The molecule has 144 valence electrons. The van der Waals surface area contributed by atoms with E-state index in [0.29, 0.717) is 11.8 Å². The fourth-order valence-corrected chi connectivity index (χ4v) is 4.34. The first-order valence-electron chi connectivity index (χ1n) is 10.1. The molecule has 0 aliphatic carbocycles. The van der Waals surface area contributed by atoms with E-state index in [4.69, 9.17) is 4.98 Å². The van der Waals surface area contributed by atoms with Crippen molar-refractivity contribution < 1.29 is 0 Å². The lowest BCUT2D eigenvalue weighted by molar-refractivity contribution is 0.203. The second kappa shape index (κ2) is 8.21. The number of piperidine rings is 2. The van der Waals surface area contributed by atoms with Gasteiger partial charge in [-0.15, -0.1) is 0 Å². The quantitative estimate of drug-likeness (QED) is 0.900. The second-order valence-electron chi connectivity index (χ2n) is 8.10. The molecule has 0 radical (unpaired) electrons. The van der Waals surface area contributed by atoms with Crippen molar-refractivity contribution >= 4 is 5.95 Å². The molecule has 6 nitrogen and oxygen atoms in total. The highest BCUT2D eigenvalue weighted by Gasteiger charge is 2.24. The highest BCUT2D eigenvalue weighted by atomic mass is 16.1. The Kier molecular flexibility index (Phi) is 5.53. The monoisotopic (exact) mass is 367 g/mol. The van der Waals surface area contributed by atoms with Crippen molar-refractivity contribution in [1.82, 2.24) is 19.9 Å². The van der Waals surface area contributed by atoms with Gasteiger partial charge in [0.2, 0.25) is 5.95 Å². The lowest BCUT2D eigenvalue weighted by Crippen LogP contribution is -2.37. The fraction of sp³-hybridized carbons (Fsp3) is 0.571. The average molecular weight is 367 g/mol. The molecule has 2 aromatic heterocycles. The minimum absolute atomic E-state index is 0.0222. The van der Waals surface area contributed by atoms with Gasteiger partial charge in [0.25, 0.3) is 5.56 Å². The van der Waals surface area contributed by atoms with Gasteiger partial charge in [0, 0.05) is 44.0 Å². The van der Waals surface area contributed by atoms with Crippen LogP contribution in [0.4, 0.5) is 5.95 Å². The fourth-order valence-electron chi connectivity index (χ4n) is 4.34. The predicted octanol–water partition coefficient (Wildman–Crippen LogP) is 2.78. The Morgan fingerprint density at radius 3 is 2.81 bits per heavy atom. The van der Waals surface area contributed by atoms with Crippen molar-refractivity contribution in [3.8, 4) is 0 Å². The Morgan fingerprint density at radius 2 is 2.07 bits per heavy atom. The number of likely N-dealkylation sites (tertiary alicyclic amines) is 1. The molecule has 0 bridgehead atoms. The van der Waals surface area contributed by atoms with Crippen LogP contribution in [0.15, 0.2) is 35.4 Å². The van der Waals surface area contributed by atoms with Crippen LogP contribution in [0.5, 0.6) is 0 Å². The number of nitrogens with zero attached hydrogens (tertiary/aromatic N) is 4. The number of H-pyrrole nitrogens is 1. The van der Waals surface area contributed by atoms with E-state index in [9.17, 15) is 4.79 Å². The van der Waals surface area contributed by atoms with E-state index in [1.54, 1.807) is 6.07 Å². The van der Waals surface area contributed by atoms with Crippen LogP contribution in [0.1, 0.15) is 49.8 Å². The summed E-state index contributed by atoms with van der Waals surface area (Å²) in [4.78, 5) is 29.0. The molecule has 0 saturated carbocycles. The molecular weight excluding hydrogens is 338 g/mol. The third-order valence-electron chi connectivity index (χ3n) is 5.84. The summed E-state index contributed by atoms with van der Waals surface area (Å²) in [6.07, 6.45) is 8.28. The minimum Gasteiger partial charge on any atom is -0.342 e. The van der Waals surface area contributed by atoms with E-state index < -0.39 is 0 Å². The van der Waals surface area contributed by atoms with E-state index in [1.165, 1.54) is 18.4 Å². The first-order chi connectivity index (χ1) is 13.2. The molecule has 1 N–H and O–H groups in total. The van der Waals surface area contributed by atoms with Gasteiger partial charge in [0.1, 0.15) is 0 Å². The van der Waals surface area contributed by atoms with Crippen molar-refractivity contribution in [2.75, 3.05) is 31.1 Å². The lowest BCUT2D eigenvalue weighted by atomic mass is 9.93. The topological polar surface area (TPSA) is 65.1 Å². The van der Waals surface area contributed by atoms with Crippen molar-refractivity contribution in [1.29, 1.82) is 0 Å². The molecule has 2 aliphatic heterocycles. The van der Waals surface area contributed by atoms with Crippen LogP contribution in [0.2, 0.25) is 0 Å². The molecular formula is C21H29N5O. The Bertz CT molecular complexity index is 798. The Morgan fingerprint density at radius 1 is 1.22 bits per heavy atom. The third kappa shape index (κ3) is 4.56. The summed E-state index contributed by atoms with van der Waals surface area (Å²) in [5, 5.41) is 0. The molecule has 0 amide bonds. The van der Waals surface area contributed by atoms with Gasteiger partial charge in [0.15, 0.2) is 0 Å². The number of anilines is 1. The maximum absolute atomic E-state index is 12.2. The van der Waals surface area contributed by atoms with Crippen LogP contribution in [0.3, 0.4) is 0 Å². The molecule has 1 atom stereocenters. The number of pyridine rings is 1. The van der Waals surface area contributed by atoms with Gasteiger partial charge in [0.05, 0.1) is 5.69 Å². The standard InChI is InChI=1S/C21H29N5O/c1-16-4-3-9-26(14-16)21-23-19(12-20(27)24-21)18-6-10-25(11-7-18)15-17-5-2-8-22-13-17/h2,5,8,12-13,16,18H,3-4,6-7,9-11,14-15H2,1H3,(H,23,24,27). The van der Waals surface area contributed by atoms with Crippen molar-refractivity contribution in [3.63, 3.8) is 0 Å². The highest BCUT2D eigenvalue weighted by Crippen LogP contribution is 2.28. The van der Waals surface area contributed by atoms with Gasteiger partial charge >= 0.3 is 0 Å². The first kappa shape index (κ1) is 18.2. The molecule has 6 heteroatoms. The molecule has 1 unspecified atom stereocenters. The van der Waals surface area contributed by atoms with E-state index >= 15 is 0 Å². The number of hydrogen-bond donors (Lipinski definition) is 1. The zero-order chi connectivity index (χ0) is 18.6. The van der Waals surface area contributed by atoms with Crippen LogP contribution in [0.25, 0.3) is 0 Å². The van der Waals surface area contributed by atoms with Gasteiger partial charge < -0.3 is 4.90 Å². The van der Waals surface area contributed by atoms with Gasteiger partial charge in [-0.2, -0.15) is 0 Å². The Balaban J connectivity index is 1.41. The largest absolute Gasteiger partial charge is 0.342 e. The lowest BCUT2D eigenvalue weighted by Gasteiger charge is -2.33. The van der Waals surface area contributed by atoms with Gasteiger partial charge in [-0.3, -0.25) is 19.7 Å². The summed E-state index contributed by atoms with van der Waals surface area (Å²) in [6, 6.07) is 5.83. The summed E-state index contributed by atoms with van der Waals surface area (Å²) in [6.45, 7) is 7.25. The summed E-state index contributed by atoms with van der Waals surface area (Å²) < 4.78 is 0. The maximum atomic E-state index is 12.2. The number of aromatic amines is 1. The number of aromatic nitrogens is 3. The van der Waals surface area contributed by atoms with Crippen LogP contribution in [-0.4, -0.2) is 46.0 Å². The molecule has 0 spiro atoms. The Hall–Kier alpha value is -2.21.